The fourth-order valence-electron chi connectivity index (χ4n) is 4.48. The third-order valence-electron chi connectivity index (χ3n) is 6.42. The van der Waals surface area contributed by atoms with Gasteiger partial charge in [-0.05, 0) is 55.7 Å². The highest BCUT2D eigenvalue weighted by Crippen LogP contribution is 2.33. The molecule has 0 saturated carbocycles. The first kappa shape index (κ1) is 26.8. The highest BCUT2D eigenvalue weighted by atomic mass is 19.4. The van der Waals surface area contributed by atoms with Gasteiger partial charge in [-0.1, -0.05) is 12.1 Å². The van der Waals surface area contributed by atoms with Crippen molar-refractivity contribution in [3.63, 3.8) is 0 Å². The Morgan fingerprint density at radius 1 is 1.10 bits per heavy atom. The van der Waals surface area contributed by atoms with Crippen LogP contribution in [-0.4, -0.2) is 53.8 Å². The number of allylic oxidation sites excluding steroid dienone is 1. The number of rotatable bonds is 5. The number of benzene rings is 1. The molecule has 0 saturated heterocycles. The second-order valence-corrected chi connectivity index (χ2v) is 9.23. The summed E-state index contributed by atoms with van der Waals surface area (Å²) < 4.78 is 40.6. The predicted octanol–water partition coefficient (Wildman–Crippen LogP) is 3.99. The van der Waals surface area contributed by atoms with Gasteiger partial charge in [0, 0.05) is 36.3 Å². The van der Waals surface area contributed by atoms with E-state index in [0.29, 0.717) is 42.0 Å². The molecule has 2 amide bonds. The largest absolute Gasteiger partial charge is 0.416 e. The number of aliphatic hydroxyl groups is 1. The average molecular weight is 552 g/mol. The van der Waals surface area contributed by atoms with E-state index in [1.54, 1.807) is 35.0 Å². The third-order valence-corrected chi connectivity index (χ3v) is 6.42. The Balaban J connectivity index is 1.46. The minimum Gasteiger partial charge on any atom is -0.384 e. The van der Waals surface area contributed by atoms with Gasteiger partial charge in [-0.3, -0.25) is 14.0 Å². The topological polar surface area (TPSA) is 139 Å². The maximum atomic E-state index is 13.0. The molecule has 3 aromatic heterocycles. The number of aliphatic hydroxyl groups excluding tert-OH is 1. The summed E-state index contributed by atoms with van der Waals surface area (Å²) in [6.07, 6.45) is -0.143. The van der Waals surface area contributed by atoms with Crippen LogP contribution in [0.3, 0.4) is 0 Å². The molecule has 0 spiro atoms. The monoisotopic (exact) mass is 551 g/mol. The van der Waals surface area contributed by atoms with Gasteiger partial charge in [-0.25, -0.2) is 15.0 Å². The van der Waals surface area contributed by atoms with Crippen LogP contribution in [0.1, 0.15) is 41.4 Å². The van der Waals surface area contributed by atoms with Gasteiger partial charge in [0.1, 0.15) is 17.7 Å². The molecule has 1 atom stereocenters. The zero-order chi connectivity index (χ0) is 28.6. The van der Waals surface area contributed by atoms with Crippen molar-refractivity contribution < 1.29 is 27.9 Å². The fourth-order valence-corrected chi connectivity index (χ4v) is 4.48. The van der Waals surface area contributed by atoms with Crippen LogP contribution in [0.25, 0.3) is 22.5 Å². The van der Waals surface area contributed by atoms with Crippen molar-refractivity contribution in [1.82, 2.24) is 24.3 Å². The summed E-state index contributed by atoms with van der Waals surface area (Å²) in [6, 6.07) is 9.62. The smallest absolute Gasteiger partial charge is 0.384 e. The van der Waals surface area contributed by atoms with Crippen LogP contribution in [0, 0.1) is 0 Å². The minimum atomic E-state index is -4.56. The van der Waals surface area contributed by atoms with Crippen molar-refractivity contribution >= 4 is 34.7 Å². The maximum Gasteiger partial charge on any atom is 0.416 e. The number of pyridine rings is 1. The number of anilines is 2. The number of alkyl halides is 3. The lowest BCUT2D eigenvalue weighted by Crippen LogP contribution is -2.36. The molecular formula is C27H24F3N7O3. The van der Waals surface area contributed by atoms with Crippen molar-refractivity contribution in [2.45, 2.75) is 32.0 Å². The molecule has 0 bridgehead atoms. The van der Waals surface area contributed by atoms with E-state index in [4.69, 9.17) is 10.7 Å². The van der Waals surface area contributed by atoms with Crippen molar-refractivity contribution in [3.8, 4) is 11.4 Å². The van der Waals surface area contributed by atoms with Crippen molar-refractivity contribution in [2.75, 3.05) is 17.6 Å². The number of hydrogen-bond acceptors (Lipinski definition) is 7. The number of halogens is 3. The maximum absolute atomic E-state index is 13.0. The number of nitrogens with two attached hydrogens (primary N) is 1. The first-order valence-electron chi connectivity index (χ1n) is 12.3. The van der Waals surface area contributed by atoms with Crippen LogP contribution in [0.2, 0.25) is 0 Å². The van der Waals surface area contributed by atoms with Gasteiger partial charge in [0.2, 0.25) is 5.95 Å². The van der Waals surface area contributed by atoms with Gasteiger partial charge < -0.3 is 21.1 Å². The van der Waals surface area contributed by atoms with Gasteiger partial charge in [0.15, 0.2) is 0 Å². The summed E-state index contributed by atoms with van der Waals surface area (Å²) >= 11 is 0. The Hall–Kier alpha value is -4.78. The first-order chi connectivity index (χ1) is 19.0. The van der Waals surface area contributed by atoms with E-state index in [9.17, 15) is 27.9 Å². The van der Waals surface area contributed by atoms with Gasteiger partial charge in [0.05, 0.1) is 16.8 Å². The summed E-state index contributed by atoms with van der Waals surface area (Å²) in [6.45, 7) is 1.90. The Kier molecular flexibility index (Phi) is 6.98. The van der Waals surface area contributed by atoms with Gasteiger partial charge >= 0.3 is 6.18 Å². The summed E-state index contributed by atoms with van der Waals surface area (Å²) in [4.78, 5) is 39.3. The van der Waals surface area contributed by atoms with Crippen LogP contribution in [0.5, 0.6) is 0 Å². The number of carbonyl (C=O) groups excluding carboxylic acids is 2. The van der Waals surface area contributed by atoms with E-state index in [1.807, 2.05) is 0 Å². The standard InChI is InChI=1S/C27H24F3N7O3/c1-15(38)25(40)36-12-2-3-18(14-36)22-20-9-11-33-26(31)37(20)23(35-22)16-4-6-17(7-5-16)24(39)34-21-13-19(8-10-32-21)27(28,29)30/h4-11,13-15,38H,2-3,12H2,1H3,(H2,31,33)(H,32,34,39)/t15-/m0/s1. The average Bonchev–Trinajstić information content (AvgIpc) is 3.33. The molecule has 0 unspecified atom stereocenters. The first-order valence-corrected chi connectivity index (χ1v) is 12.3. The van der Waals surface area contributed by atoms with Gasteiger partial charge in [0.25, 0.3) is 11.8 Å². The zero-order valence-corrected chi connectivity index (χ0v) is 21.2. The lowest BCUT2D eigenvalue weighted by Gasteiger charge is -2.25. The Bertz CT molecular complexity index is 1630. The predicted molar refractivity (Wildman–Crippen MR) is 141 cm³/mol. The number of carbonyl (C=O) groups is 2. The van der Waals surface area contributed by atoms with Gasteiger partial charge in [-0.15, -0.1) is 0 Å². The molecule has 4 N–H and O–H groups in total. The highest BCUT2D eigenvalue weighted by Gasteiger charge is 2.31. The van der Waals surface area contributed by atoms with E-state index in [2.05, 4.69) is 15.3 Å². The Labute approximate surface area is 226 Å². The second-order valence-electron chi connectivity index (χ2n) is 9.23. The fraction of sp³-hybridized carbons (Fsp3) is 0.222. The molecule has 1 aromatic carbocycles. The zero-order valence-electron chi connectivity index (χ0n) is 21.2. The Morgan fingerprint density at radius 2 is 1.82 bits per heavy atom. The van der Waals surface area contributed by atoms with E-state index in [1.165, 1.54) is 24.0 Å². The van der Waals surface area contributed by atoms with Crippen molar-refractivity contribution in [3.05, 3.63) is 77.9 Å². The summed E-state index contributed by atoms with van der Waals surface area (Å²) in [5.41, 5.74) is 8.13. The molecule has 13 heteroatoms. The van der Waals surface area contributed by atoms with Crippen molar-refractivity contribution in [1.29, 1.82) is 0 Å². The molecule has 1 aliphatic rings. The van der Waals surface area contributed by atoms with E-state index >= 15 is 0 Å². The summed E-state index contributed by atoms with van der Waals surface area (Å²) in [5.74, 6) is -0.644. The van der Waals surface area contributed by atoms with Crippen LogP contribution in [0.15, 0.2) is 61.1 Å². The van der Waals surface area contributed by atoms with Crippen LogP contribution >= 0.6 is 0 Å². The highest BCUT2D eigenvalue weighted by molar-refractivity contribution is 6.04. The SMILES string of the molecule is C[C@H](O)C(=O)N1C=C(c2nc(-c3ccc(C(=O)Nc4cc(C(F)(F)F)ccn4)cc3)n3c(N)nccc23)CCC1. The quantitative estimate of drug-likeness (QED) is 0.341. The van der Waals surface area contributed by atoms with Crippen LogP contribution in [0.4, 0.5) is 24.9 Å². The summed E-state index contributed by atoms with van der Waals surface area (Å²) in [5, 5.41) is 12.1. The lowest BCUT2D eigenvalue weighted by atomic mass is 10.0. The molecule has 5 rings (SSSR count). The van der Waals surface area contributed by atoms with E-state index in [-0.39, 0.29) is 17.3 Å². The number of nitrogen functional groups attached to an aromatic ring is 1. The molecule has 0 radical (unpaired) electrons. The van der Waals surface area contributed by atoms with Crippen LogP contribution < -0.4 is 11.1 Å². The van der Waals surface area contributed by atoms with Crippen molar-refractivity contribution in [2.24, 2.45) is 0 Å². The van der Waals surface area contributed by atoms with Gasteiger partial charge in [-0.2, -0.15) is 13.2 Å². The molecule has 0 fully saturated rings. The molecule has 0 aliphatic carbocycles. The summed E-state index contributed by atoms with van der Waals surface area (Å²) in [7, 11) is 0. The number of aromatic nitrogens is 4. The minimum absolute atomic E-state index is 0.178. The number of nitrogens with one attached hydrogen (secondary N) is 1. The molecule has 206 valence electrons. The molecule has 4 aromatic rings. The van der Waals surface area contributed by atoms with Crippen LogP contribution in [-0.2, 0) is 11.0 Å². The van der Waals surface area contributed by atoms with E-state index in [0.717, 1.165) is 23.9 Å². The lowest BCUT2D eigenvalue weighted by molar-refractivity contribution is -0.138. The number of fused-ring (bicyclic) bond motifs is 1. The number of nitrogens with zero attached hydrogens (tertiary/aromatic N) is 5. The normalized spacial score (nSPS) is 14.6. The molecule has 4 heterocycles. The molecular weight excluding hydrogens is 527 g/mol. The van der Waals surface area contributed by atoms with E-state index < -0.39 is 29.7 Å². The number of imidazole rings is 1. The second kappa shape index (κ2) is 10.4. The number of amides is 2. The molecule has 1 aliphatic heterocycles. The Morgan fingerprint density at radius 3 is 2.52 bits per heavy atom. The number of hydrogen-bond donors (Lipinski definition) is 3. The molecule has 40 heavy (non-hydrogen) atoms. The molecule has 10 nitrogen and oxygen atoms in total. The third kappa shape index (κ3) is 5.23.